The molecule has 10 heteroatoms. The minimum absolute atomic E-state index is 0.374. The molecule has 4 aromatic rings. The van der Waals surface area contributed by atoms with Crippen molar-refractivity contribution in [1.29, 1.82) is 0 Å². The number of ether oxygens (including phenoxy) is 2. The van der Waals surface area contributed by atoms with Crippen molar-refractivity contribution in [1.82, 2.24) is 19.4 Å². The summed E-state index contributed by atoms with van der Waals surface area (Å²) in [5.74, 6) is 0.670. The highest BCUT2D eigenvalue weighted by molar-refractivity contribution is 6.00. The number of nitrogens with one attached hydrogen (secondary N) is 1. The van der Waals surface area contributed by atoms with Crippen LogP contribution in [0.15, 0.2) is 48.8 Å². The molecule has 0 aliphatic heterocycles. The van der Waals surface area contributed by atoms with Crippen molar-refractivity contribution in [2.45, 2.75) is 0 Å². The molecule has 0 unspecified atom stereocenters. The van der Waals surface area contributed by atoms with E-state index in [-0.39, 0.29) is 5.97 Å². The van der Waals surface area contributed by atoms with Crippen LogP contribution in [-0.2, 0) is 11.8 Å². The lowest BCUT2D eigenvalue weighted by Crippen LogP contribution is -2.29. The van der Waals surface area contributed by atoms with Crippen molar-refractivity contribution in [3.8, 4) is 17.0 Å². The largest absolute Gasteiger partial charge is 0.494 e. The van der Waals surface area contributed by atoms with Crippen LogP contribution < -0.4 is 20.7 Å². The second-order valence-corrected chi connectivity index (χ2v) is 9.10. The maximum absolute atomic E-state index is 12.0. The van der Waals surface area contributed by atoms with Gasteiger partial charge in [-0.3, -0.25) is 0 Å². The first-order valence-corrected chi connectivity index (χ1v) is 11.8. The zero-order chi connectivity index (χ0) is 26.7. The van der Waals surface area contributed by atoms with Crippen LogP contribution in [0.4, 0.5) is 23.0 Å². The monoisotopic (exact) mass is 503 g/mol. The van der Waals surface area contributed by atoms with E-state index in [1.54, 1.807) is 19.4 Å². The van der Waals surface area contributed by atoms with Gasteiger partial charge < -0.3 is 34.9 Å². The average Bonchev–Trinajstić information content (AvgIpc) is 3.22. The molecule has 0 spiro atoms. The predicted octanol–water partition coefficient (Wildman–Crippen LogP) is 3.75. The van der Waals surface area contributed by atoms with Gasteiger partial charge in [-0.15, -0.1) is 0 Å². The van der Waals surface area contributed by atoms with E-state index in [1.165, 1.54) is 7.11 Å². The van der Waals surface area contributed by atoms with Crippen molar-refractivity contribution >= 4 is 39.9 Å². The summed E-state index contributed by atoms with van der Waals surface area (Å²) in [6.45, 7) is 1.72. The van der Waals surface area contributed by atoms with Crippen LogP contribution in [0.3, 0.4) is 0 Å². The number of carbonyl (C=O) groups is 1. The third kappa shape index (κ3) is 5.44. The Morgan fingerprint density at radius 1 is 1.11 bits per heavy atom. The Labute approximate surface area is 216 Å². The van der Waals surface area contributed by atoms with Crippen molar-refractivity contribution < 1.29 is 14.3 Å². The van der Waals surface area contributed by atoms with E-state index in [4.69, 9.17) is 20.2 Å². The normalized spacial score (nSPS) is 11.1. The van der Waals surface area contributed by atoms with Gasteiger partial charge in [0, 0.05) is 62.1 Å². The van der Waals surface area contributed by atoms with Crippen LogP contribution in [0.2, 0.25) is 0 Å². The highest BCUT2D eigenvalue weighted by Crippen LogP contribution is 2.36. The number of hydrogen-bond donors (Lipinski definition) is 2. The number of methoxy groups -OCH3 is 2. The Hall–Kier alpha value is -4.31. The fourth-order valence-corrected chi connectivity index (χ4v) is 4.18. The molecule has 0 saturated heterocycles. The number of fused-ring (bicyclic) bond motifs is 1. The summed E-state index contributed by atoms with van der Waals surface area (Å²) in [6, 6.07) is 11.1. The molecule has 0 aliphatic rings. The molecular formula is C27H33N7O3. The number of hydrogen-bond acceptors (Lipinski definition) is 9. The number of rotatable bonds is 9. The molecule has 0 amide bonds. The molecule has 0 fully saturated rings. The summed E-state index contributed by atoms with van der Waals surface area (Å²) in [6.07, 6.45) is 3.68. The van der Waals surface area contributed by atoms with E-state index < -0.39 is 0 Å². The lowest BCUT2D eigenvalue weighted by Gasteiger charge is -2.24. The number of nitrogens with zero attached hydrogens (tertiary/aromatic N) is 5. The third-order valence-corrected chi connectivity index (χ3v) is 6.23. The van der Waals surface area contributed by atoms with E-state index in [1.807, 2.05) is 69.3 Å². The Kier molecular flexibility index (Phi) is 7.49. The average molecular weight is 504 g/mol. The Morgan fingerprint density at radius 3 is 2.59 bits per heavy atom. The number of nitrogen functional groups attached to an aromatic ring is 1. The molecule has 37 heavy (non-hydrogen) atoms. The van der Waals surface area contributed by atoms with Gasteiger partial charge in [0.2, 0.25) is 5.95 Å². The van der Waals surface area contributed by atoms with Gasteiger partial charge in [-0.25, -0.2) is 14.8 Å². The highest BCUT2D eigenvalue weighted by atomic mass is 16.5. The summed E-state index contributed by atoms with van der Waals surface area (Å²) in [4.78, 5) is 25.4. The van der Waals surface area contributed by atoms with Crippen LogP contribution in [0, 0.1) is 0 Å². The number of carbonyl (C=O) groups excluding carboxylic acids is 1. The molecule has 0 radical (unpaired) electrons. The summed E-state index contributed by atoms with van der Waals surface area (Å²) < 4.78 is 12.5. The Balaban J connectivity index is 1.64. The summed E-state index contributed by atoms with van der Waals surface area (Å²) in [7, 11) is 11.0. The van der Waals surface area contributed by atoms with Crippen molar-refractivity contribution in [2.24, 2.45) is 7.05 Å². The van der Waals surface area contributed by atoms with Gasteiger partial charge in [-0.1, -0.05) is 6.07 Å². The van der Waals surface area contributed by atoms with E-state index in [9.17, 15) is 4.79 Å². The number of aryl methyl sites for hydroxylation is 1. The van der Waals surface area contributed by atoms with Gasteiger partial charge in [-0.05, 0) is 38.4 Å². The molecule has 0 bridgehead atoms. The van der Waals surface area contributed by atoms with E-state index in [0.29, 0.717) is 28.6 Å². The first kappa shape index (κ1) is 25.8. The molecule has 2 aromatic heterocycles. The second-order valence-electron chi connectivity index (χ2n) is 9.10. The van der Waals surface area contributed by atoms with Crippen LogP contribution in [-0.4, -0.2) is 73.9 Å². The molecule has 0 saturated carbocycles. The molecule has 0 aliphatic carbocycles. The first-order valence-electron chi connectivity index (χ1n) is 11.8. The van der Waals surface area contributed by atoms with E-state index >= 15 is 0 Å². The first-order chi connectivity index (χ1) is 17.7. The minimum atomic E-state index is -0.374. The van der Waals surface area contributed by atoms with Gasteiger partial charge in [-0.2, -0.15) is 0 Å². The number of benzene rings is 2. The molecule has 4 rings (SSSR count). The summed E-state index contributed by atoms with van der Waals surface area (Å²) >= 11 is 0. The van der Waals surface area contributed by atoms with Crippen LogP contribution in [0.25, 0.3) is 22.2 Å². The van der Waals surface area contributed by atoms with Gasteiger partial charge in [0.25, 0.3) is 0 Å². The standard InChI is InChI=1S/C27H33N7O3/c1-32(2)11-12-33(3)24-15-25(36-5)22(14-20(24)28)31-27-29-10-9-21(30-27)19-16-34(4)23-13-17(26(35)37-6)7-8-18(19)23/h7-10,13-16H,11-12,28H2,1-6H3,(H,29,30,31). The number of anilines is 4. The smallest absolute Gasteiger partial charge is 0.337 e. The van der Waals surface area contributed by atoms with Gasteiger partial charge in [0.1, 0.15) is 5.75 Å². The molecule has 2 heterocycles. The molecule has 10 nitrogen and oxygen atoms in total. The maximum atomic E-state index is 12.0. The predicted molar refractivity (Wildman–Crippen MR) is 148 cm³/mol. The Morgan fingerprint density at radius 2 is 1.89 bits per heavy atom. The summed E-state index contributed by atoms with van der Waals surface area (Å²) in [5, 5.41) is 4.22. The van der Waals surface area contributed by atoms with Crippen molar-refractivity contribution in [3.05, 3.63) is 54.4 Å². The zero-order valence-electron chi connectivity index (χ0n) is 22.1. The number of aromatic nitrogens is 3. The van der Waals surface area contributed by atoms with Crippen LogP contribution in [0.5, 0.6) is 5.75 Å². The number of likely N-dealkylation sites (N-methyl/N-ethyl adjacent to an activating group) is 2. The zero-order valence-corrected chi connectivity index (χ0v) is 22.1. The van der Waals surface area contributed by atoms with E-state index in [0.717, 1.165) is 40.9 Å². The molecule has 0 atom stereocenters. The van der Waals surface area contributed by atoms with Crippen molar-refractivity contribution in [2.75, 3.05) is 64.4 Å². The van der Waals surface area contributed by atoms with Crippen LogP contribution >= 0.6 is 0 Å². The van der Waals surface area contributed by atoms with Gasteiger partial charge in [0.15, 0.2) is 0 Å². The second kappa shape index (κ2) is 10.8. The molecular weight excluding hydrogens is 470 g/mol. The lowest BCUT2D eigenvalue weighted by molar-refractivity contribution is 0.0601. The number of esters is 1. The SMILES string of the molecule is COC(=O)c1ccc2c(-c3ccnc(Nc4cc(N)c(N(C)CCN(C)C)cc4OC)n3)cn(C)c2c1. The maximum Gasteiger partial charge on any atom is 0.337 e. The quantitative estimate of drug-likeness (QED) is 0.261. The molecule has 194 valence electrons. The van der Waals surface area contributed by atoms with Gasteiger partial charge in [0.05, 0.1) is 42.5 Å². The van der Waals surface area contributed by atoms with E-state index in [2.05, 4.69) is 20.1 Å². The highest BCUT2D eigenvalue weighted by Gasteiger charge is 2.16. The lowest BCUT2D eigenvalue weighted by atomic mass is 10.1. The Bertz CT molecular complexity index is 1430. The number of nitrogens with two attached hydrogens (primary N) is 1. The third-order valence-electron chi connectivity index (χ3n) is 6.23. The van der Waals surface area contributed by atoms with Crippen LogP contribution in [0.1, 0.15) is 10.4 Å². The van der Waals surface area contributed by atoms with Crippen molar-refractivity contribution in [3.63, 3.8) is 0 Å². The minimum Gasteiger partial charge on any atom is -0.494 e. The molecule has 3 N–H and O–H groups in total. The summed E-state index contributed by atoms with van der Waals surface area (Å²) in [5.41, 5.74) is 11.6. The fraction of sp³-hybridized carbons (Fsp3) is 0.296. The molecule has 2 aromatic carbocycles. The van der Waals surface area contributed by atoms with Gasteiger partial charge >= 0.3 is 5.97 Å². The fourth-order valence-electron chi connectivity index (χ4n) is 4.18. The topological polar surface area (TPSA) is 111 Å².